The Morgan fingerprint density at radius 1 is 0.825 bits per heavy atom. The Labute approximate surface area is 373 Å². The lowest BCUT2D eigenvalue weighted by Crippen LogP contribution is -2.60. The number of carbonyl (C=O) groups excluding carboxylic acids is 1. The Hall–Kier alpha value is -2.09. The van der Waals surface area contributed by atoms with Gasteiger partial charge in [0.15, 0.2) is 18.4 Å². The van der Waals surface area contributed by atoms with Crippen LogP contribution in [0.5, 0.6) is 0 Å². The van der Waals surface area contributed by atoms with E-state index in [1.54, 1.807) is 34.3 Å². The van der Waals surface area contributed by atoms with Crippen molar-refractivity contribution in [1.82, 2.24) is 0 Å². The average Bonchev–Trinajstić information content (AvgIpc) is 3.57. The van der Waals surface area contributed by atoms with Gasteiger partial charge in [-0.2, -0.15) is 0 Å². The van der Waals surface area contributed by atoms with E-state index in [4.69, 9.17) is 52.1 Å². The minimum absolute atomic E-state index is 0.0967. The number of hydrogen-bond acceptors (Lipinski definition) is 15. The fourth-order valence-corrected chi connectivity index (χ4v) is 11.1. The van der Waals surface area contributed by atoms with Gasteiger partial charge >= 0.3 is 5.97 Å². The van der Waals surface area contributed by atoms with Gasteiger partial charge in [-0.1, -0.05) is 58.1 Å². The topological polar surface area (TPSA) is 179 Å². The van der Waals surface area contributed by atoms with E-state index >= 15 is 0 Å². The van der Waals surface area contributed by atoms with Crippen LogP contribution in [0, 0.1) is 23.7 Å². The van der Waals surface area contributed by atoms with Gasteiger partial charge in [0.05, 0.1) is 55.4 Å². The Kier molecular flexibility index (Phi) is 15.5. The largest absolute Gasteiger partial charge is 0.462 e. The molecular weight excluding hydrogens is 817 g/mol. The lowest BCUT2D eigenvalue weighted by atomic mass is 9.70. The zero-order chi connectivity index (χ0) is 45.5. The summed E-state index contributed by atoms with van der Waals surface area (Å²) in [6.45, 7) is 15.9. The number of hydrogen-bond donors (Lipinski definition) is 3. The highest BCUT2D eigenvalue weighted by atomic mass is 16.7. The molecule has 7 rings (SSSR count). The van der Waals surface area contributed by atoms with Gasteiger partial charge in [0.2, 0.25) is 0 Å². The van der Waals surface area contributed by atoms with Gasteiger partial charge < -0.3 is 67.4 Å². The summed E-state index contributed by atoms with van der Waals surface area (Å²) in [5.41, 5.74) is 0.511. The number of fused-ring (bicyclic) bond motifs is 2. The predicted octanol–water partition coefficient (Wildman–Crippen LogP) is 4.84. The van der Waals surface area contributed by atoms with Gasteiger partial charge in [-0.15, -0.1) is 0 Å². The van der Waals surface area contributed by atoms with Crippen LogP contribution in [0.3, 0.4) is 0 Å². The molecule has 2 bridgehead atoms. The average molecular weight is 891 g/mol. The number of methoxy groups -OCH3 is 3. The molecule has 6 heterocycles. The number of aliphatic hydroxyl groups excluding tert-OH is 2. The van der Waals surface area contributed by atoms with Crippen molar-refractivity contribution in [2.24, 2.45) is 23.7 Å². The molecule has 1 aliphatic carbocycles. The fourth-order valence-electron chi connectivity index (χ4n) is 11.1. The second-order valence-electron chi connectivity index (χ2n) is 19.5. The fraction of sp³-hybridized carbons (Fsp3) is 0.812. The molecule has 6 aliphatic heterocycles. The maximum atomic E-state index is 14.5. The third kappa shape index (κ3) is 9.98. The Balaban J connectivity index is 1.19. The predicted molar refractivity (Wildman–Crippen MR) is 229 cm³/mol. The van der Waals surface area contributed by atoms with Gasteiger partial charge in [0.1, 0.15) is 42.0 Å². The van der Waals surface area contributed by atoms with Crippen LogP contribution in [0.4, 0.5) is 0 Å². The zero-order valence-corrected chi connectivity index (χ0v) is 39.0. The van der Waals surface area contributed by atoms with Crippen molar-refractivity contribution in [2.75, 3.05) is 27.9 Å². The second kappa shape index (κ2) is 20.0. The van der Waals surface area contributed by atoms with Crippen LogP contribution >= 0.6 is 0 Å². The summed E-state index contributed by atoms with van der Waals surface area (Å²) < 4.78 is 69.7. The number of esters is 1. The van der Waals surface area contributed by atoms with Crippen molar-refractivity contribution < 1.29 is 72.2 Å². The Morgan fingerprint density at radius 2 is 1.52 bits per heavy atom. The molecule has 5 saturated heterocycles. The third-order valence-corrected chi connectivity index (χ3v) is 14.7. The van der Waals surface area contributed by atoms with Crippen LogP contribution < -0.4 is 0 Å². The first kappa shape index (κ1) is 48.8. The van der Waals surface area contributed by atoms with Crippen molar-refractivity contribution in [2.45, 2.75) is 197 Å². The molecular formula is C48H74O15. The van der Waals surface area contributed by atoms with Crippen LogP contribution in [0.25, 0.3) is 0 Å². The van der Waals surface area contributed by atoms with E-state index in [2.05, 4.69) is 26.8 Å². The molecule has 1 spiro atoms. The minimum Gasteiger partial charge on any atom is -0.462 e. The van der Waals surface area contributed by atoms with E-state index in [0.717, 1.165) is 11.1 Å². The van der Waals surface area contributed by atoms with E-state index in [0.29, 0.717) is 31.3 Å². The van der Waals surface area contributed by atoms with Crippen LogP contribution in [0.2, 0.25) is 0 Å². The monoisotopic (exact) mass is 891 g/mol. The van der Waals surface area contributed by atoms with Gasteiger partial charge in [-0.25, -0.2) is 0 Å². The van der Waals surface area contributed by atoms with Gasteiger partial charge in [0.25, 0.3) is 0 Å². The lowest BCUT2D eigenvalue weighted by molar-refractivity contribution is -0.353. The summed E-state index contributed by atoms with van der Waals surface area (Å²) in [6.07, 6.45) is 3.50. The first-order valence-corrected chi connectivity index (χ1v) is 23.1. The molecule has 356 valence electrons. The molecule has 20 atom stereocenters. The normalized spacial score (nSPS) is 49.6. The maximum Gasteiger partial charge on any atom is 0.316 e. The molecule has 15 heteroatoms. The molecule has 0 saturated carbocycles. The van der Waals surface area contributed by atoms with Gasteiger partial charge in [-0.3, -0.25) is 4.79 Å². The van der Waals surface area contributed by atoms with Crippen LogP contribution in [-0.4, -0.2) is 153 Å². The summed E-state index contributed by atoms with van der Waals surface area (Å²) in [7, 11) is 4.79. The zero-order valence-electron chi connectivity index (χ0n) is 39.0. The summed E-state index contributed by atoms with van der Waals surface area (Å²) in [6, 6.07) is 0. The number of allylic oxidation sites excluding steroid dienone is 2. The molecule has 7 aliphatic rings. The van der Waals surface area contributed by atoms with Crippen LogP contribution in [-0.2, 0) is 56.9 Å². The number of rotatable bonds is 8. The first-order chi connectivity index (χ1) is 29.9. The molecule has 10 unspecified atom stereocenters. The summed E-state index contributed by atoms with van der Waals surface area (Å²) in [5.74, 6) is -3.03. The third-order valence-electron chi connectivity index (χ3n) is 14.7. The van der Waals surface area contributed by atoms with E-state index in [1.807, 2.05) is 45.9 Å². The van der Waals surface area contributed by atoms with Crippen molar-refractivity contribution in [3.8, 4) is 0 Å². The SMILES string of the molecule is COC1CC(OC2C(C)OC(O[C@@H]3/C(C)=C/CC4C[C@@H](C[C@]5(CC(O)[C@H](C)[C@@H](C(C)C)O5)O4)OC(=O)[C@@H]4C=C(C)[C@@H](OC)[C@H]5OC/C(=C\C=C\[C@@H]3C)[C@]54O)CC2OC)OC(C)C1O. The minimum atomic E-state index is -1.74. The quantitative estimate of drug-likeness (QED) is 0.223. The van der Waals surface area contributed by atoms with Crippen LogP contribution in [0.1, 0.15) is 93.9 Å². The Morgan fingerprint density at radius 3 is 2.22 bits per heavy atom. The highest BCUT2D eigenvalue weighted by molar-refractivity contribution is 5.78. The van der Waals surface area contributed by atoms with Crippen molar-refractivity contribution in [1.29, 1.82) is 0 Å². The van der Waals surface area contributed by atoms with Crippen molar-refractivity contribution in [3.05, 3.63) is 47.1 Å². The van der Waals surface area contributed by atoms with Gasteiger partial charge in [0, 0.05) is 65.3 Å². The van der Waals surface area contributed by atoms with Crippen LogP contribution in [0.15, 0.2) is 47.1 Å². The molecule has 3 N–H and O–H groups in total. The Bertz CT molecular complexity index is 1710. The molecule has 0 aromatic heterocycles. The lowest BCUT2D eigenvalue weighted by Gasteiger charge is -2.52. The number of carbonyl (C=O) groups is 1. The summed E-state index contributed by atoms with van der Waals surface area (Å²) in [5, 5.41) is 34.7. The molecule has 0 aromatic rings. The molecule has 63 heavy (non-hydrogen) atoms. The van der Waals surface area contributed by atoms with Crippen molar-refractivity contribution in [3.63, 3.8) is 0 Å². The molecule has 0 amide bonds. The van der Waals surface area contributed by atoms with E-state index in [1.165, 1.54) is 0 Å². The molecule has 5 fully saturated rings. The second-order valence-corrected chi connectivity index (χ2v) is 19.5. The standard InChI is InChI=1S/C48H74O15/c1-24(2)41-28(6)35(49)22-47(63-41)21-33-18-32(62-47)16-15-26(4)42(60-39-20-37(54-10)44(30(8)58-39)61-38-19-36(53-9)40(50)29(7)57-38)25(3)13-12-14-31-23-56-45-43(55-11)27(5)17-34(46(51)59-33)48(31,45)52/h12-15,17,24-25,28-30,32-45,49-50,52H,16,18-23H2,1-11H3/b13-12+,26-15+,31-14+/t25-,28-,29?,30?,32?,33-,34-,35?,36?,37?,38?,39?,40?,41+,42-,43+,44?,45+,47-,48+/m0/s1. The number of ether oxygens (including phenoxy) is 11. The van der Waals surface area contributed by atoms with Gasteiger partial charge in [-0.05, 0) is 56.8 Å². The van der Waals surface area contributed by atoms with E-state index < -0.39 is 103 Å². The molecule has 15 nitrogen and oxygen atoms in total. The highest BCUT2D eigenvalue weighted by Gasteiger charge is 2.61. The molecule has 0 radical (unpaired) electrons. The maximum absolute atomic E-state index is 14.5. The first-order valence-electron chi connectivity index (χ1n) is 23.1. The molecule has 0 aromatic carbocycles. The van der Waals surface area contributed by atoms with E-state index in [-0.39, 0.29) is 49.4 Å². The summed E-state index contributed by atoms with van der Waals surface area (Å²) >= 11 is 0. The van der Waals surface area contributed by atoms with E-state index in [9.17, 15) is 20.1 Å². The highest BCUT2D eigenvalue weighted by Crippen LogP contribution is 2.48. The smallest absolute Gasteiger partial charge is 0.316 e. The number of aliphatic hydroxyl groups is 3. The van der Waals surface area contributed by atoms with Crippen molar-refractivity contribution >= 4 is 5.97 Å². The summed E-state index contributed by atoms with van der Waals surface area (Å²) in [4.78, 5) is 14.5.